The van der Waals surface area contributed by atoms with Crippen LogP contribution in [0.4, 0.5) is 0 Å². The molecule has 0 aliphatic carbocycles. The molecule has 0 aliphatic heterocycles. The highest BCUT2D eigenvalue weighted by molar-refractivity contribution is 5.21. The van der Waals surface area contributed by atoms with Crippen molar-refractivity contribution in [2.45, 2.75) is 26.9 Å². The molecule has 72 valence electrons. The highest BCUT2D eigenvalue weighted by Crippen LogP contribution is 2.19. The largest absolute Gasteiger partial charge is 0.388 e. The molecular formula is C9H15N3O. The summed E-state index contributed by atoms with van der Waals surface area (Å²) in [5.74, 6) is 0. The first-order valence-corrected chi connectivity index (χ1v) is 4.20. The van der Waals surface area contributed by atoms with E-state index in [0.29, 0.717) is 0 Å². The Kier molecular flexibility index (Phi) is 2.83. The molecule has 1 aromatic heterocycles. The lowest BCUT2D eigenvalue weighted by Crippen LogP contribution is -2.23. The van der Waals surface area contributed by atoms with E-state index in [1.807, 2.05) is 20.8 Å². The third kappa shape index (κ3) is 2.99. The van der Waals surface area contributed by atoms with Crippen molar-refractivity contribution in [2.75, 3.05) is 0 Å². The number of hydrogen-bond donors (Lipinski definition) is 1. The molecule has 0 saturated heterocycles. The second kappa shape index (κ2) is 3.70. The molecule has 0 saturated carbocycles. The van der Waals surface area contributed by atoms with Crippen molar-refractivity contribution < 1.29 is 5.11 Å². The molecule has 4 heteroatoms. The van der Waals surface area contributed by atoms with E-state index in [0.717, 1.165) is 0 Å². The average Bonchev–Trinajstić information content (AvgIpc) is 2.50. The van der Waals surface area contributed by atoms with Gasteiger partial charge < -0.3 is 5.11 Å². The Morgan fingerprint density at radius 3 is 2.62 bits per heavy atom. The number of aromatic nitrogens is 3. The quantitative estimate of drug-likeness (QED) is 0.744. The zero-order chi connectivity index (χ0) is 9.90. The smallest absolute Gasteiger partial charge is 0.138 e. The average molecular weight is 181 g/mol. The van der Waals surface area contributed by atoms with Crippen LogP contribution in [0.25, 0.3) is 6.20 Å². The molecule has 1 rings (SSSR count). The van der Waals surface area contributed by atoms with Crippen LogP contribution < -0.4 is 0 Å². The zero-order valence-corrected chi connectivity index (χ0v) is 8.18. The third-order valence-electron chi connectivity index (χ3n) is 1.75. The molecule has 0 spiro atoms. The Bertz CT molecular complexity index is 272. The molecular weight excluding hydrogens is 166 g/mol. The van der Waals surface area contributed by atoms with Crippen molar-refractivity contribution in [1.29, 1.82) is 0 Å². The molecule has 1 aromatic rings. The minimum absolute atomic E-state index is 0.142. The Morgan fingerprint density at radius 1 is 1.46 bits per heavy atom. The summed E-state index contributed by atoms with van der Waals surface area (Å²) in [6.45, 7) is 5.93. The molecule has 13 heavy (non-hydrogen) atoms. The van der Waals surface area contributed by atoms with Crippen LogP contribution >= 0.6 is 0 Å². The second-order valence-electron chi connectivity index (χ2n) is 4.03. The van der Waals surface area contributed by atoms with Gasteiger partial charge in [0.15, 0.2) is 0 Å². The molecule has 1 atom stereocenters. The minimum atomic E-state index is -0.475. The third-order valence-corrected chi connectivity index (χ3v) is 1.75. The van der Waals surface area contributed by atoms with Gasteiger partial charge in [0.2, 0.25) is 0 Å². The molecule has 1 N–H and O–H groups in total. The van der Waals surface area contributed by atoms with Gasteiger partial charge in [-0.2, -0.15) is 5.10 Å². The predicted octanol–water partition coefficient (Wildman–Crippen LogP) is 1.16. The summed E-state index contributed by atoms with van der Waals surface area (Å²) in [5, 5.41) is 13.5. The highest BCUT2D eigenvalue weighted by atomic mass is 16.3. The van der Waals surface area contributed by atoms with Gasteiger partial charge in [-0.05, 0) is 11.5 Å². The molecule has 1 unspecified atom stereocenters. The van der Waals surface area contributed by atoms with Gasteiger partial charge in [0, 0.05) is 6.20 Å². The summed E-state index contributed by atoms with van der Waals surface area (Å²) in [7, 11) is 0. The van der Waals surface area contributed by atoms with Crippen LogP contribution in [0.1, 0.15) is 20.8 Å². The summed E-state index contributed by atoms with van der Waals surface area (Å²) in [4.78, 5) is 3.78. The van der Waals surface area contributed by atoms with Crippen molar-refractivity contribution in [1.82, 2.24) is 14.8 Å². The predicted molar refractivity (Wildman–Crippen MR) is 50.8 cm³/mol. The van der Waals surface area contributed by atoms with Crippen LogP contribution in [0, 0.1) is 5.41 Å². The van der Waals surface area contributed by atoms with E-state index in [4.69, 9.17) is 0 Å². The Balaban J connectivity index is 2.59. The van der Waals surface area contributed by atoms with Crippen LogP contribution in [-0.4, -0.2) is 26.0 Å². The summed E-state index contributed by atoms with van der Waals surface area (Å²) in [5.41, 5.74) is -0.142. The fourth-order valence-corrected chi connectivity index (χ4v) is 0.753. The number of aliphatic hydroxyl groups is 1. The zero-order valence-electron chi connectivity index (χ0n) is 8.18. The van der Waals surface area contributed by atoms with Crippen LogP contribution in [-0.2, 0) is 0 Å². The summed E-state index contributed by atoms with van der Waals surface area (Å²) < 4.78 is 1.55. The first-order valence-electron chi connectivity index (χ1n) is 4.20. The van der Waals surface area contributed by atoms with Crippen molar-refractivity contribution in [3.8, 4) is 0 Å². The maximum absolute atomic E-state index is 9.64. The maximum atomic E-state index is 9.64. The summed E-state index contributed by atoms with van der Waals surface area (Å²) in [6.07, 6.45) is 5.95. The standard InChI is InChI=1S/C9H15N3O/c1-9(2,3)8(13)4-5-12-7-10-6-11-12/h4-8,13H,1-3H3. The van der Waals surface area contributed by atoms with Gasteiger partial charge in [0.1, 0.15) is 12.7 Å². The molecule has 1 heterocycles. The molecule has 0 amide bonds. The number of nitrogens with zero attached hydrogens (tertiary/aromatic N) is 3. The first kappa shape index (κ1) is 9.92. The number of rotatable bonds is 2. The van der Waals surface area contributed by atoms with Crippen LogP contribution in [0.5, 0.6) is 0 Å². The molecule has 0 aromatic carbocycles. The lowest BCUT2D eigenvalue weighted by Gasteiger charge is -2.22. The second-order valence-corrected chi connectivity index (χ2v) is 4.03. The van der Waals surface area contributed by atoms with Gasteiger partial charge in [-0.25, -0.2) is 9.67 Å². The fraction of sp³-hybridized carbons (Fsp3) is 0.556. The Labute approximate surface area is 77.9 Å². The van der Waals surface area contributed by atoms with Gasteiger partial charge in [0.05, 0.1) is 6.10 Å². The number of aliphatic hydroxyl groups excluding tert-OH is 1. The van der Waals surface area contributed by atoms with Gasteiger partial charge in [-0.15, -0.1) is 0 Å². The Hall–Kier alpha value is -1.16. The SMILES string of the molecule is CC(C)(C)C(O)C=Cn1cncn1. The van der Waals surface area contributed by atoms with Crippen molar-refractivity contribution in [2.24, 2.45) is 5.41 Å². The number of hydrogen-bond acceptors (Lipinski definition) is 3. The van der Waals surface area contributed by atoms with Crippen LogP contribution in [0.3, 0.4) is 0 Å². The van der Waals surface area contributed by atoms with E-state index in [1.54, 1.807) is 23.3 Å². The lowest BCUT2D eigenvalue weighted by atomic mass is 9.89. The van der Waals surface area contributed by atoms with Gasteiger partial charge in [-0.3, -0.25) is 0 Å². The molecule has 0 radical (unpaired) electrons. The van der Waals surface area contributed by atoms with Gasteiger partial charge in [-0.1, -0.05) is 20.8 Å². The maximum Gasteiger partial charge on any atom is 0.138 e. The van der Waals surface area contributed by atoms with E-state index < -0.39 is 6.10 Å². The monoisotopic (exact) mass is 181 g/mol. The summed E-state index contributed by atoms with van der Waals surface area (Å²) >= 11 is 0. The van der Waals surface area contributed by atoms with Gasteiger partial charge in [0.25, 0.3) is 0 Å². The normalized spacial score (nSPS) is 15.1. The first-order chi connectivity index (χ1) is 6.00. The van der Waals surface area contributed by atoms with E-state index in [-0.39, 0.29) is 5.41 Å². The summed E-state index contributed by atoms with van der Waals surface area (Å²) in [6, 6.07) is 0. The Morgan fingerprint density at radius 2 is 2.15 bits per heavy atom. The highest BCUT2D eigenvalue weighted by Gasteiger charge is 2.18. The van der Waals surface area contributed by atoms with Crippen molar-refractivity contribution in [3.63, 3.8) is 0 Å². The van der Waals surface area contributed by atoms with Crippen molar-refractivity contribution >= 4 is 6.20 Å². The van der Waals surface area contributed by atoms with Crippen molar-refractivity contribution in [3.05, 3.63) is 18.7 Å². The van der Waals surface area contributed by atoms with E-state index in [1.165, 1.54) is 6.33 Å². The molecule has 4 nitrogen and oxygen atoms in total. The lowest BCUT2D eigenvalue weighted by molar-refractivity contribution is 0.106. The van der Waals surface area contributed by atoms with E-state index >= 15 is 0 Å². The van der Waals surface area contributed by atoms with E-state index in [2.05, 4.69) is 10.1 Å². The van der Waals surface area contributed by atoms with Crippen LogP contribution in [0.15, 0.2) is 18.7 Å². The van der Waals surface area contributed by atoms with E-state index in [9.17, 15) is 5.11 Å². The molecule has 0 aliphatic rings. The topological polar surface area (TPSA) is 50.9 Å². The molecule has 0 fully saturated rings. The van der Waals surface area contributed by atoms with Crippen LogP contribution in [0.2, 0.25) is 0 Å². The minimum Gasteiger partial charge on any atom is -0.388 e. The van der Waals surface area contributed by atoms with Gasteiger partial charge >= 0.3 is 0 Å². The fourth-order valence-electron chi connectivity index (χ4n) is 0.753. The molecule has 0 bridgehead atoms.